The highest BCUT2D eigenvalue weighted by Gasteiger charge is 2.00. The first kappa shape index (κ1) is 21.3. The number of ketones is 1. The number of methoxy groups -OCH3 is 1. The molecule has 0 aliphatic rings. The second kappa shape index (κ2) is 15.2. The zero-order valence-corrected chi connectivity index (χ0v) is 14.4. The van der Waals surface area contributed by atoms with Gasteiger partial charge in [0, 0.05) is 12.8 Å². The first-order valence-corrected chi connectivity index (χ1v) is 8.39. The van der Waals surface area contributed by atoms with Gasteiger partial charge in [0.2, 0.25) is 0 Å². The lowest BCUT2D eigenvalue weighted by molar-refractivity contribution is -0.140. The van der Waals surface area contributed by atoms with Gasteiger partial charge in [0.15, 0.2) is 5.78 Å². The SMILES string of the molecule is CCC(=O)/C=C/C=C\C=C\C(O)CCCCCCCC(=O)OC. The molecule has 0 aliphatic heterocycles. The summed E-state index contributed by atoms with van der Waals surface area (Å²) in [6.45, 7) is 1.83. The van der Waals surface area contributed by atoms with Crippen molar-refractivity contribution in [3.8, 4) is 0 Å². The normalized spacial score (nSPS) is 13.2. The minimum atomic E-state index is -0.434. The minimum absolute atomic E-state index is 0.102. The van der Waals surface area contributed by atoms with Gasteiger partial charge in [-0.1, -0.05) is 63.0 Å². The Balaban J connectivity index is 3.59. The lowest BCUT2D eigenvalue weighted by Gasteiger charge is -2.05. The van der Waals surface area contributed by atoms with Gasteiger partial charge in [-0.05, 0) is 18.9 Å². The molecular weight excluding hydrogens is 292 g/mol. The number of carbonyl (C=O) groups excluding carboxylic acids is 2. The summed E-state index contributed by atoms with van der Waals surface area (Å²) in [4.78, 5) is 21.9. The number of rotatable bonds is 13. The number of unbranched alkanes of at least 4 members (excludes halogenated alkanes) is 4. The van der Waals surface area contributed by atoms with E-state index in [9.17, 15) is 14.7 Å². The van der Waals surface area contributed by atoms with Crippen LogP contribution in [0.5, 0.6) is 0 Å². The number of esters is 1. The summed E-state index contributed by atoms with van der Waals surface area (Å²) in [5.41, 5.74) is 0. The Hall–Kier alpha value is -1.68. The molecule has 0 spiro atoms. The van der Waals surface area contributed by atoms with Crippen molar-refractivity contribution in [1.82, 2.24) is 0 Å². The van der Waals surface area contributed by atoms with Crippen LogP contribution in [0.25, 0.3) is 0 Å². The van der Waals surface area contributed by atoms with Crippen LogP contribution in [0.3, 0.4) is 0 Å². The molecule has 0 rings (SSSR count). The summed E-state index contributed by atoms with van der Waals surface area (Å²) in [5.74, 6) is -0.0437. The van der Waals surface area contributed by atoms with Crippen molar-refractivity contribution in [2.24, 2.45) is 0 Å². The maximum absolute atomic E-state index is 11.0. The summed E-state index contributed by atoms with van der Waals surface area (Å²) in [5, 5.41) is 9.79. The third-order valence-electron chi connectivity index (χ3n) is 3.41. The smallest absolute Gasteiger partial charge is 0.305 e. The van der Waals surface area contributed by atoms with Crippen molar-refractivity contribution in [3.63, 3.8) is 0 Å². The van der Waals surface area contributed by atoms with Crippen LogP contribution in [0.2, 0.25) is 0 Å². The fourth-order valence-electron chi connectivity index (χ4n) is 1.95. The molecule has 1 N–H and O–H groups in total. The van der Waals surface area contributed by atoms with Gasteiger partial charge in [-0.25, -0.2) is 0 Å². The number of hydrogen-bond donors (Lipinski definition) is 1. The molecule has 0 heterocycles. The lowest BCUT2D eigenvalue weighted by atomic mass is 10.1. The predicted octanol–water partition coefficient (Wildman–Crippen LogP) is 3.90. The van der Waals surface area contributed by atoms with Crippen molar-refractivity contribution in [2.45, 2.75) is 64.4 Å². The van der Waals surface area contributed by atoms with Crippen LogP contribution in [0.15, 0.2) is 36.5 Å². The highest BCUT2D eigenvalue weighted by atomic mass is 16.5. The molecule has 4 heteroatoms. The van der Waals surface area contributed by atoms with E-state index in [2.05, 4.69) is 4.74 Å². The van der Waals surface area contributed by atoms with Crippen LogP contribution in [0.4, 0.5) is 0 Å². The second-order valence-electron chi connectivity index (χ2n) is 5.40. The van der Waals surface area contributed by atoms with Crippen LogP contribution < -0.4 is 0 Å². The van der Waals surface area contributed by atoms with E-state index in [-0.39, 0.29) is 11.8 Å². The van der Waals surface area contributed by atoms with Crippen LogP contribution in [-0.4, -0.2) is 30.1 Å². The largest absolute Gasteiger partial charge is 0.469 e. The topological polar surface area (TPSA) is 63.6 Å². The van der Waals surface area contributed by atoms with Gasteiger partial charge in [0.1, 0.15) is 0 Å². The Kier molecular flexibility index (Phi) is 14.1. The average Bonchev–Trinajstić information content (AvgIpc) is 2.56. The standard InChI is InChI=1S/C19H30O4/c1-3-17(20)13-9-7-8-11-15-18(21)14-10-5-4-6-12-16-19(22)23-2/h7-9,11,13,15,18,21H,3-6,10,12,14,16H2,1-2H3/b8-7-,13-9+,15-11+. The van der Waals surface area contributed by atoms with E-state index in [1.54, 1.807) is 36.5 Å². The molecule has 0 radical (unpaired) electrons. The molecule has 0 amide bonds. The molecule has 0 aromatic heterocycles. The number of allylic oxidation sites excluding steroid dienone is 5. The number of aliphatic hydroxyl groups is 1. The summed E-state index contributed by atoms with van der Waals surface area (Å²) in [6, 6.07) is 0. The zero-order valence-electron chi connectivity index (χ0n) is 14.4. The van der Waals surface area contributed by atoms with Crippen molar-refractivity contribution >= 4 is 11.8 Å². The van der Waals surface area contributed by atoms with Crippen molar-refractivity contribution in [2.75, 3.05) is 7.11 Å². The average molecular weight is 322 g/mol. The van der Waals surface area contributed by atoms with Crippen molar-refractivity contribution < 1.29 is 19.4 Å². The molecule has 1 unspecified atom stereocenters. The van der Waals surface area contributed by atoms with Crippen LogP contribution in [0, 0.1) is 0 Å². The first-order valence-electron chi connectivity index (χ1n) is 8.39. The monoisotopic (exact) mass is 322 g/mol. The Morgan fingerprint density at radius 3 is 2.35 bits per heavy atom. The Morgan fingerprint density at radius 2 is 1.65 bits per heavy atom. The number of carbonyl (C=O) groups is 2. The molecule has 0 fully saturated rings. The molecule has 0 aromatic carbocycles. The number of aliphatic hydroxyl groups excluding tert-OH is 1. The summed E-state index contributed by atoms with van der Waals surface area (Å²) < 4.78 is 4.58. The first-order chi connectivity index (χ1) is 11.1. The summed E-state index contributed by atoms with van der Waals surface area (Å²) in [6.07, 6.45) is 16.7. The zero-order chi connectivity index (χ0) is 17.3. The third kappa shape index (κ3) is 15.0. The quantitative estimate of drug-likeness (QED) is 0.242. The van der Waals surface area contributed by atoms with Gasteiger partial charge in [0.05, 0.1) is 13.2 Å². The molecule has 0 bridgehead atoms. The molecule has 0 saturated carbocycles. The van der Waals surface area contributed by atoms with Gasteiger partial charge < -0.3 is 9.84 Å². The molecule has 0 aliphatic carbocycles. The van der Waals surface area contributed by atoms with Gasteiger partial charge in [0.25, 0.3) is 0 Å². The van der Waals surface area contributed by atoms with E-state index in [1.807, 2.05) is 6.92 Å². The van der Waals surface area contributed by atoms with Crippen molar-refractivity contribution in [1.29, 1.82) is 0 Å². The highest BCUT2D eigenvalue weighted by molar-refractivity contribution is 5.89. The minimum Gasteiger partial charge on any atom is -0.469 e. The van der Waals surface area contributed by atoms with Crippen LogP contribution >= 0.6 is 0 Å². The fraction of sp³-hybridized carbons (Fsp3) is 0.579. The van der Waals surface area contributed by atoms with Gasteiger partial charge in [-0.2, -0.15) is 0 Å². The van der Waals surface area contributed by atoms with E-state index >= 15 is 0 Å². The molecule has 0 aromatic rings. The maximum atomic E-state index is 11.0. The van der Waals surface area contributed by atoms with Crippen molar-refractivity contribution in [3.05, 3.63) is 36.5 Å². The number of hydrogen-bond acceptors (Lipinski definition) is 4. The second-order valence-corrected chi connectivity index (χ2v) is 5.40. The molecule has 130 valence electrons. The van der Waals surface area contributed by atoms with Gasteiger partial charge in [-0.3, -0.25) is 9.59 Å². The van der Waals surface area contributed by atoms with Crippen LogP contribution in [-0.2, 0) is 14.3 Å². The van der Waals surface area contributed by atoms with E-state index in [0.29, 0.717) is 12.8 Å². The van der Waals surface area contributed by atoms with Crippen LogP contribution in [0.1, 0.15) is 58.3 Å². The third-order valence-corrected chi connectivity index (χ3v) is 3.41. The Bertz CT molecular complexity index is 408. The Morgan fingerprint density at radius 1 is 1.00 bits per heavy atom. The predicted molar refractivity (Wildman–Crippen MR) is 93.1 cm³/mol. The number of ether oxygens (including phenoxy) is 1. The molecule has 23 heavy (non-hydrogen) atoms. The van der Waals surface area contributed by atoms with E-state index in [1.165, 1.54) is 7.11 Å². The molecule has 4 nitrogen and oxygen atoms in total. The lowest BCUT2D eigenvalue weighted by Crippen LogP contribution is -2.01. The molecular formula is C19H30O4. The highest BCUT2D eigenvalue weighted by Crippen LogP contribution is 2.09. The van der Waals surface area contributed by atoms with Gasteiger partial charge >= 0.3 is 5.97 Å². The Labute approximate surface area is 139 Å². The molecule has 1 atom stereocenters. The summed E-state index contributed by atoms with van der Waals surface area (Å²) in [7, 11) is 1.41. The van der Waals surface area contributed by atoms with E-state index < -0.39 is 6.10 Å². The summed E-state index contributed by atoms with van der Waals surface area (Å²) >= 11 is 0. The molecule has 0 saturated heterocycles. The maximum Gasteiger partial charge on any atom is 0.305 e. The van der Waals surface area contributed by atoms with Gasteiger partial charge in [-0.15, -0.1) is 0 Å². The van der Waals surface area contributed by atoms with E-state index in [0.717, 1.165) is 38.5 Å². The van der Waals surface area contributed by atoms with E-state index in [4.69, 9.17) is 0 Å². The fourth-order valence-corrected chi connectivity index (χ4v) is 1.95.